The van der Waals surface area contributed by atoms with Gasteiger partial charge in [-0.3, -0.25) is 9.36 Å². The predicted molar refractivity (Wildman–Crippen MR) is 116 cm³/mol. The van der Waals surface area contributed by atoms with E-state index in [0.29, 0.717) is 48.9 Å². The normalized spacial score (nSPS) is 14.7. The van der Waals surface area contributed by atoms with E-state index in [1.165, 1.54) is 4.57 Å². The van der Waals surface area contributed by atoms with E-state index in [0.717, 1.165) is 30.7 Å². The van der Waals surface area contributed by atoms with Crippen molar-refractivity contribution in [2.24, 2.45) is 0 Å². The first-order chi connectivity index (χ1) is 17.3. The molecule has 4 rings (SSSR count). The van der Waals surface area contributed by atoms with E-state index in [1.54, 1.807) is 0 Å². The van der Waals surface area contributed by atoms with Crippen LogP contribution in [0.15, 0.2) is 41.2 Å². The van der Waals surface area contributed by atoms with Gasteiger partial charge in [-0.05, 0) is 44.0 Å². The lowest BCUT2D eigenvalue weighted by Crippen LogP contribution is -2.32. The second-order valence-electron chi connectivity index (χ2n) is 8.35. The number of anilines is 1. The topological polar surface area (TPSA) is 78.2 Å². The molecule has 0 fully saturated rings. The zero-order chi connectivity index (χ0) is 27.1. The minimum atomic E-state index is -4.87. The van der Waals surface area contributed by atoms with E-state index in [1.807, 2.05) is 0 Å². The summed E-state index contributed by atoms with van der Waals surface area (Å²) in [6.07, 6.45) is -10.2. The van der Waals surface area contributed by atoms with Crippen molar-refractivity contribution in [1.29, 1.82) is 0 Å². The van der Waals surface area contributed by atoms with Crippen LogP contribution in [-0.4, -0.2) is 32.5 Å². The highest BCUT2D eigenvalue weighted by atomic mass is 19.4. The van der Waals surface area contributed by atoms with Crippen LogP contribution in [0.1, 0.15) is 41.5 Å². The van der Waals surface area contributed by atoms with Crippen molar-refractivity contribution in [1.82, 2.24) is 14.3 Å². The molecule has 1 atom stereocenters. The molecule has 0 unspecified atom stereocenters. The molecule has 2 aromatic carbocycles. The van der Waals surface area contributed by atoms with Gasteiger partial charge in [-0.1, -0.05) is 6.07 Å². The third-order valence-corrected chi connectivity index (χ3v) is 5.71. The van der Waals surface area contributed by atoms with Crippen LogP contribution in [0.2, 0.25) is 0 Å². The molecular formula is C23H19F7N4O3. The number of hydrogen-bond acceptors (Lipinski definition) is 4. The van der Waals surface area contributed by atoms with Crippen LogP contribution in [-0.2, 0) is 19.1 Å². The molecule has 0 bridgehead atoms. The number of ether oxygens (including phenoxy) is 1. The number of aromatic nitrogens is 3. The molecule has 1 aliphatic rings. The number of rotatable bonds is 5. The Kier molecular flexibility index (Phi) is 6.78. The second-order valence-corrected chi connectivity index (χ2v) is 8.35. The third-order valence-electron chi connectivity index (χ3n) is 5.71. The van der Waals surface area contributed by atoms with Crippen LogP contribution in [0.4, 0.5) is 36.4 Å². The van der Waals surface area contributed by atoms with Gasteiger partial charge in [-0.15, -0.1) is 5.10 Å². The van der Waals surface area contributed by atoms with Gasteiger partial charge in [0.2, 0.25) is 0 Å². The molecule has 1 aromatic heterocycles. The van der Waals surface area contributed by atoms with Gasteiger partial charge in [0.1, 0.15) is 23.1 Å². The summed E-state index contributed by atoms with van der Waals surface area (Å²) >= 11 is 0. The lowest BCUT2D eigenvalue weighted by molar-refractivity contribution is -0.189. The number of benzene rings is 2. The van der Waals surface area contributed by atoms with Crippen LogP contribution in [0.25, 0.3) is 5.69 Å². The first-order valence-corrected chi connectivity index (χ1v) is 11.0. The number of amides is 1. The van der Waals surface area contributed by atoms with Crippen molar-refractivity contribution in [3.63, 3.8) is 0 Å². The Morgan fingerprint density at radius 1 is 1.11 bits per heavy atom. The SMILES string of the molecule is C[C@H](Oc1cc(-n2nc3n(c2=O)CCCC3)c(F)cc1C(=O)Nc1cccc(C(F)(F)F)c1)C(F)(F)F. The molecule has 7 nitrogen and oxygen atoms in total. The van der Waals surface area contributed by atoms with Gasteiger partial charge in [0.15, 0.2) is 6.10 Å². The molecule has 1 N–H and O–H groups in total. The average molecular weight is 532 g/mol. The highest BCUT2D eigenvalue weighted by molar-refractivity contribution is 6.06. The number of aryl methyl sites for hydroxylation is 1. The summed E-state index contributed by atoms with van der Waals surface area (Å²) < 4.78 is 101. The van der Waals surface area contributed by atoms with Crippen LogP contribution in [0.3, 0.4) is 0 Å². The Balaban J connectivity index is 1.76. The predicted octanol–water partition coefficient (Wildman–Crippen LogP) is 5.11. The van der Waals surface area contributed by atoms with Gasteiger partial charge >= 0.3 is 18.0 Å². The lowest BCUT2D eigenvalue weighted by atomic mass is 10.1. The van der Waals surface area contributed by atoms with Crippen molar-refractivity contribution in [3.05, 3.63) is 69.7 Å². The monoisotopic (exact) mass is 532 g/mol. The van der Waals surface area contributed by atoms with E-state index in [9.17, 15) is 35.9 Å². The van der Waals surface area contributed by atoms with Crippen LogP contribution in [0.5, 0.6) is 5.75 Å². The minimum Gasteiger partial charge on any atom is -0.480 e. The molecular weight excluding hydrogens is 513 g/mol. The first-order valence-electron chi connectivity index (χ1n) is 11.0. The number of nitrogens with one attached hydrogen (secondary N) is 1. The zero-order valence-corrected chi connectivity index (χ0v) is 19.1. The third kappa shape index (κ3) is 5.47. The van der Waals surface area contributed by atoms with Gasteiger partial charge in [-0.25, -0.2) is 9.18 Å². The largest absolute Gasteiger partial charge is 0.480 e. The van der Waals surface area contributed by atoms with Crippen molar-refractivity contribution in [2.45, 2.75) is 51.2 Å². The molecule has 198 valence electrons. The van der Waals surface area contributed by atoms with Gasteiger partial charge < -0.3 is 10.1 Å². The zero-order valence-electron chi connectivity index (χ0n) is 19.1. The quantitative estimate of drug-likeness (QED) is 0.464. The molecule has 1 aliphatic heterocycles. The molecule has 0 radical (unpaired) electrons. The van der Waals surface area contributed by atoms with E-state index in [-0.39, 0.29) is 5.69 Å². The summed E-state index contributed by atoms with van der Waals surface area (Å²) in [6, 6.07) is 4.77. The molecule has 3 aromatic rings. The van der Waals surface area contributed by atoms with Crippen molar-refractivity contribution >= 4 is 11.6 Å². The van der Waals surface area contributed by atoms with Gasteiger partial charge in [0.05, 0.1) is 11.1 Å². The molecule has 14 heteroatoms. The summed E-state index contributed by atoms with van der Waals surface area (Å²) in [5, 5.41) is 6.17. The number of carbonyl (C=O) groups excluding carboxylic acids is 1. The maximum Gasteiger partial charge on any atom is 0.425 e. The number of hydrogen-bond donors (Lipinski definition) is 1. The van der Waals surface area contributed by atoms with E-state index in [4.69, 9.17) is 4.74 Å². The number of fused-ring (bicyclic) bond motifs is 1. The molecule has 0 spiro atoms. The van der Waals surface area contributed by atoms with Crippen LogP contribution < -0.4 is 15.7 Å². The molecule has 0 aliphatic carbocycles. The Labute approximate surface area is 204 Å². The van der Waals surface area contributed by atoms with Crippen LogP contribution >= 0.6 is 0 Å². The minimum absolute atomic E-state index is 0.335. The highest BCUT2D eigenvalue weighted by Gasteiger charge is 2.39. The highest BCUT2D eigenvalue weighted by Crippen LogP contribution is 2.33. The van der Waals surface area contributed by atoms with Crippen molar-refractivity contribution in [2.75, 3.05) is 5.32 Å². The Morgan fingerprint density at radius 2 is 1.84 bits per heavy atom. The number of halogens is 7. The summed E-state index contributed by atoms with van der Waals surface area (Å²) in [5.74, 6) is -2.79. The van der Waals surface area contributed by atoms with Gasteiger partial charge in [0, 0.05) is 24.7 Å². The number of carbonyl (C=O) groups is 1. The summed E-state index contributed by atoms with van der Waals surface area (Å²) in [7, 11) is 0. The van der Waals surface area contributed by atoms with Gasteiger partial charge in [0.25, 0.3) is 5.91 Å². The van der Waals surface area contributed by atoms with E-state index in [2.05, 4.69) is 10.4 Å². The average Bonchev–Trinajstić information content (AvgIpc) is 3.15. The smallest absolute Gasteiger partial charge is 0.425 e. The Morgan fingerprint density at radius 3 is 2.49 bits per heavy atom. The fraction of sp³-hybridized carbons (Fsp3) is 0.348. The number of nitrogens with zero attached hydrogens (tertiary/aromatic N) is 3. The fourth-order valence-corrected chi connectivity index (χ4v) is 3.77. The second kappa shape index (κ2) is 9.56. The lowest BCUT2D eigenvalue weighted by Gasteiger charge is -2.20. The maximum atomic E-state index is 15.1. The van der Waals surface area contributed by atoms with Crippen LogP contribution in [0, 0.1) is 5.82 Å². The van der Waals surface area contributed by atoms with Crippen molar-refractivity contribution in [3.8, 4) is 11.4 Å². The van der Waals surface area contributed by atoms with Crippen molar-refractivity contribution < 1.29 is 40.3 Å². The first kappa shape index (κ1) is 26.2. The fourth-order valence-electron chi connectivity index (χ4n) is 3.77. The molecule has 37 heavy (non-hydrogen) atoms. The molecule has 1 amide bonds. The van der Waals surface area contributed by atoms with E-state index >= 15 is 4.39 Å². The summed E-state index contributed by atoms with van der Waals surface area (Å²) in [4.78, 5) is 25.6. The molecule has 0 saturated heterocycles. The summed E-state index contributed by atoms with van der Waals surface area (Å²) in [5.41, 5.74) is -3.42. The Bertz CT molecular complexity index is 1390. The summed E-state index contributed by atoms with van der Waals surface area (Å²) in [6.45, 7) is 0.987. The maximum absolute atomic E-state index is 15.1. The van der Waals surface area contributed by atoms with E-state index < -0.39 is 58.4 Å². The van der Waals surface area contributed by atoms with Gasteiger partial charge in [-0.2, -0.15) is 31.0 Å². The Hall–Kier alpha value is -3.84. The standard InChI is InChI=1S/C23H19F7N4O3/c1-12(22(25,26)27)37-18-11-17(34-21(36)33-8-3-2-7-19(33)32-34)16(24)10-15(18)20(35)31-14-6-4-5-13(9-14)23(28,29)30/h4-6,9-12H,2-3,7-8H2,1H3,(H,31,35)/t12-/m0/s1. The molecule has 0 saturated carbocycles. The molecule has 2 heterocycles. The number of alkyl halides is 6.